The molecule has 5 heteroatoms. The first-order valence-electron chi connectivity index (χ1n) is 5.45. The van der Waals surface area contributed by atoms with Gasteiger partial charge >= 0.3 is 5.63 Å². The topological polar surface area (TPSA) is 72.0 Å². The highest BCUT2D eigenvalue weighted by Crippen LogP contribution is 2.22. The van der Waals surface area contributed by atoms with Crippen molar-refractivity contribution in [2.24, 2.45) is 5.16 Å². The molecule has 5 nitrogen and oxygen atoms in total. The number of fused-ring (bicyclic) bond motifs is 1. The van der Waals surface area contributed by atoms with Gasteiger partial charge in [-0.25, -0.2) is 4.79 Å². The van der Waals surface area contributed by atoms with E-state index in [2.05, 4.69) is 5.16 Å². The van der Waals surface area contributed by atoms with Crippen LogP contribution in [0, 0.1) is 6.92 Å². The smallest absolute Gasteiger partial charge is 0.336 e. The summed E-state index contributed by atoms with van der Waals surface area (Å²) in [7, 11) is 0. The van der Waals surface area contributed by atoms with Gasteiger partial charge in [-0.1, -0.05) is 5.16 Å². The second kappa shape index (κ2) is 4.91. The minimum atomic E-state index is -0.364. The lowest BCUT2D eigenvalue weighted by Gasteiger charge is -2.06. The Morgan fingerprint density at radius 2 is 2.22 bits per heavy atom. The van der Waals surface area contributed by atoms with Crippen molar-refractivity contribution in [2.75, 3.05) is 6.61 Å². The zero-order valence-corrected chi connectivity index (χ0v) is 10.1. The van der Waals surface area contributed by atoms with E-state index < -0.39 is 0 Å². The van der Waals surface area contributed by atoms with Crippen molar-refractivity contribution in [2.45, 2.75) is 13.8 Å². The fourth-order valence-corrected chi connectivity index (χ4v) is 1.61. The lowest BCUT2D eigenvalue weighted by atomic mass is 10.1. The van der Waals surface area contributed by atoms with Crippen molar-refractivity contribution in [3.8, 4) is 5.75 Å². The minimum absolute atomic E-state index is 0.206. The second-order valence-electron chi connectivity index (χ2n) is 4.03. The third kappa shape index (κ3) is 2.51. The Balaban J connectivity index is 2.35. The molecule has 2 aromatic rings. The SMILES string of the molecule is CC(COc1ccc2oc(=O)cc(C)c2c1)=NO. The van der Waals surface area contributed by atoms with Crippen molar-refractivity contribution in [3.05, 3.63) is 40.2 Å². The Hall–Kier alpha value is -2.30. The molecule has 18 heavy (non-hydrogen) atoms. The molecule has 0 aliphatic rings. The Morgan fingerprint density at radius 3 is 2.94 bits per heavy atom. The van der Waals surface area contributed by atoms with Gasteiger partial charge in [-0.05, 0) is 37.6 Å². The van der Waals surface area contributed by atoms with E-state index in [1.807, 2.05) is 6.92 Å². The molecule has 1 aromatic heterocycles. The van der Waals surface area contributed by atoms with Gasteiger partial charge in [0.2, 0.25) is 0 Å². The molecule has 1 aromatic carbocycles. The molecule has 1 heterocycles. The van der Waals surface area contributed by atoms with Gasteiger partial charge in [-0.3, -0.25) is 0 Å². The van der Waals surface area contributed by atoms with Gasteiger partial charge in [0, 0.05) is 11.5 Å². The number of hydrogen-bond donors (Lipinski definition) is 1. The van der Waals surface area contributed by atoms with Crippen molar-refractivity contribution in [3.63, 3.8) is 0 Å². The number of ether oxygens (including phenoxy) is 1. The van der Waals surface area contributed by atoms with Crippen LogP contribution in [0.2, 0.25) is 0 Å². The quantitative estimate of drug-likeness (QED) is 0.391. The molecular formula is C13H13NO4. The molecule has 2 rings (SSSR count). The van der Waals surface area contributed by atoms with E-state index in [4.69, 9.17) is 14.4 Å². The first-order chi connectivity index (χ1) is 8.60. The van der Waals surface area contributed by atoms with Crippen LogP contribution < -0.4 is 10.4 Å². The summed E-state index contributed by atoms with van der Waals surface area (Å²) in [6.07, 6.45) is 0. The van der Waals surface area contributed by atoms with Gasteiger partial charge in [-0.2, -0.15) is 0 Å². The molecule has 1 N–H and O–H groups in total. The van der Waals surface area contributed by atoms with Crippen LogP contribution in [0.5, 0.6) is 5.75 Å². The van der Waals surface area contributed by atoms with E-state index in [9.17, 15) is 4.79 Å². The Bertz CT molecular complexity index is 658. The predicted octanol–water partition coefficient (Wildman–Crippen LogP) is 2.33. The Morgan fingerprint density at radius 1 is 1.44 bits per heavy atom. The van der Waals surface area contributed by atoms with Gasteiger partial charge in [0.1, 0.15) is 17.9 Å². The average Bonchev–Trinajstić information content (AvgIpc) is 2.36. The molecule has 0 aliphatic carbocycles. The van der Waals surface area contributed by atoms with Crippen LogP contribution in [0.15, 0.2) is 38.6 Å². The zero-order valence-electron chi connectivity index (χ0n) is 10.1. The van der Waals surface area contributed by atoms with E-state index in [1.54, 1.807) is 25.1 Å². The average molecular weight is 247 g/mol. The summed E-state index contributed by atoms with van der Waals surface area (Å²) in [5.41, 5.74) is 1.47. The van der Waals surface area contributed by atoms with Gasteiger partial charge < -0.3 is 14.4 Å². The summed E-state index contributed by atoms with van der Waals surface area (Å²) in [6, 6.07) is 6.62. The molecular weight excluding hydrogens is 234 g/mol. The third-order valence-corrected chi connectivity index (χ3v) is 2.54. The summed E-state index contributed by atoms with van der Waals surface area (Å²) in [5, 5.41) is 12.4. The molecule has 94 valence electrons. The zero-order chi connectivity index (χ0) is 13.1. The summed E-state index contributed by atoms with van der Waals surface area (Å²) in [5.74, 6) is 0.627. The number of hydrogen-bond acceptors (Lipinski definition) is 5. The van der Waals surface area contributed by atoms with E-state index in [0.717, 1.165) is 10.9 Å². The summed E-state index contributed by atoms with van der Waals surface area (Å²) in [4.78, 5) is 11.2. The Kier molecular flexibility index (Phi) is 3.32. The maximum absolute atomic E-state index is 11.2. The highest BCUT2D eigenvalue weighted by Gasteiger charge is 2.04. The fourth-order valence-electron chi connectivity index (χ4n) is 1.61. The van der Waals surface area contributed by atoms with Crippen molar-refractivity contribution in [1.82, 2.24) is 0 Å². The molecule has 0 unspecified atom stereocenters. The first-order valence-corrected chi connectivity index (χ1v) is 5.45. The van der Waals surface area contributed by atoms with Crippen molar-refractivity contribution in [1.29, 1.82) is 0 Å². The summed E-state index contributed by atoms with van der Waals surface area (Å²) >= 11 is 0. The van der Waals surface area contributed by atoms with Crippen LogP contribution in [0.4, 0.5) is 0 Å². The van der Waals surface area contributed by atoms with Crippen LogP contribution in [-0.4, -0.2) is 17.5 Å². The Labute approximate surface area is 103 Å². The van der Waals surface area contributed by atoms with Gasteiger partial charge in [-0.15, -0.1) is 0 Å². The molecule has 0 saturated heterocycles. The lowest BCUT2D eigenvalue weighted by Crippen LogP contribution is -2.07. The van der Waals surface area contributed by atoms with E-state index in [-0.39, 0.29) is 12.2 Å². The monoisotopic (exact) mass is 247 g/mol. The summed E-state index contributed by atoms with van der Waals surface area (Å²) < 4.78 is 10.5. The van der Waals surface area contributed by atoms with Gasteiger partial charge in [0.15, 0.2) is 0 Å². The minimum Gasteiger partial charge on any atom is -0.488 e. The molecule has 0 saturated carbocycles. The van der Waals surface area contributed by atoms with Crippen LogP contribution in [-0.2, 0) is 0 Å². The molecule has 0 fully saturated rings. The van der Waals surface area contributed by atoms with E-state index in [0.29, 0.717) is 17.0 Å². The maximum Gasteiger partial charge on any atom is 0.336 e. The van der Waals surface area contributed by atoms with Crippen LogP contribution in [0.25, 0.3) is 11.0 Å². The van der Waals surface area contributed by atoms with Crippen LogP contribution in [0.3, 0.4) is 0 Å². The number of aryl methyl sites for hydroxylation is 1. The van der Waals surface area contributed by atoms with Gasteiger partial charge in [0.05, 0.1) is 5.71 Å². The number of benzene rings is 1. The molecule has 0 spiro atoms. The fraction of sp³-hybridized carbons (Fsp3) is 0.231. The largest absolute Gasteiger partial charge is 0.488 e. The lowest BCUT2D eigenvalue weighted by molar-refractivity contribution is 0.307. The number of nitrogens with zero attached hydrogens (tertiary/aromatic N) is 1. The summed E-state index contributed by atoms with van der Waals surface area (Å²) in [6.45, 7) is 3.70. The predicted molar refractivity (Wildman–Crippen MR) is 67.6 cm³/mol. The number of oxime groups is 1. The standard InChI is InChI=1S/C13H13NO4/c1-8-5-13(15)18-12-4-3-10(6-11(8)12)17-7-9(2)14-16/h3-6,16H,7H2,1-2H3. The first kappa shape index (κ1) is 12.2. The number of rotatable bonds is 3. The highest BCUT2D eigenvalue weighted by molar-refractivity contribution is 5.83. The van der Waals surface area contributed by atoms with Gasteiger partial charge in [0.25, 0.3) is 0 Å². The highest BCUT2D eigenvalue weighted by atomic mass is 16.5. The molecule has 0 radical (unpaired) electrons. The van der Waals surface area contributed by atoms with E-state index >= 15 is 0 Å². The van der Waals surface area contributed by atoms with Crippen LogP contribution in [0.1, 0.15) is 12.5 Å². The maximum atomic E-state index is 11.2. The molecule has 0 bridgehead atoms. The van der Waals surface area contributed by atoms with E-state index in [1.165, 1.54) is 6.07 Å². The molecule has 0 amide bonds. The van der Waals surface area contributed by atoms with Crippen molar-refractivity contribution >= 4 is 16.7 Å². The second-order valence-corrected chi connectivity index (χ2v) is 4.03. The molecule has 0 atom stereocenters. The normalized spacial score (nSPS) is 11.8. The van der Waals surface area contributed by atoms with Crippen molar-refractivity contribution < 1.29 is 14.4 Å². The third-order valence-electron chi connectivity index (χ3n) is 2.54. The molecule has 0 aliphatic heterocycles. The van der Waals surface area contributed by atoms with Crippen LogP contribution >= 0.6 is 0 Å².